The number of nitrogens with zero attached hydrogens (tertiary/aromatic N) is 4. The number of hydrogen-bond donors (Lipinski definition) is 0. The van der Waals surface area contributed by atoms with Crippen LogP contribution in [0, 0.1) is 0 Å². The minimum Gasteiger partial charge on any atom is -0.319 e. The molecule has 0 N–H and O–H groups in total. The minimum atomic E-state index is -4.51. The molecule has 0 atom stereocenters. The van der Waals surface area contributed by atoms with Crippen LogP contribution in [0.5, 0.6) is 0 Å². The second-order valence-electron chi connectivity index (χ2n) is 5.10. The number of alkyl halides is 3. The number of carbonyl (C=O) groups excluding carboxylic acids is 2. The highest BCUT2D eigenvalue weighted by Gasteiger charge is 2.51. The largest absolute Gasteiger partial charge is 0.406 e. The van der Waals surface area contributed by atoms with Gasteiger partial charge in [0.15, 0.2) is 7.85 Å². The van der Waals surface area contributed by atoms with Crippen molar-refractivity contribution < 1.29 is 22.8 Å². The first-order valence-electron chi connectivity index (χ1n) is 6.30. The Morgan fingerprint density at radius 3 is 2.50 bits per heavy atom. The minimum absolute atomic E-state index is 0.103. The zero-order valence-corrected chi connectivity index (χ0v) is 12.4. The summed E-state index contributed by atoms with van der Waals surface area (Å²) in [5, 5.41) is 7.69. The first-order chi connectivity index (χ1) is 10.2. The Labute approximate surface area is 129 Å². The van der Waals surface area contributed by atoms with Gasteiger partial charge in [-0.25, -0.2) is 4.79 Å². The quantitative estimate of drug-likeness (QED) is 0.581. The van der Waals surface area contributed by atoms with Gasteiger partial charge in [0.25, 0.3) is 0 Å². The van der Waals surface area contributed by atoms with Gasteiger partial charge in [0, 0.05) is 7.05 Å². The van der Waals surface area contributed by atoms with E-state index in [-0.39, 0.29) is 11.5 Å². The molecule has 1 aliphatic rings. The van der Waals surface area contributed by atoms with Crippen molar-refractivity contribution in [1.29, 1.82) is 0 Å². The van der Waals surface area contributed by atoms with Gasteiger partial charge >= 0.3 is 12.2 Å². The average Bonchev–Trinajstić information content (AvgIpc) is 3.10. The zero-order chi connectivity index (χ0) is 16.5. The van der Waals surface area contributed by atoms with Crippen LogP contribution in [0.1, 0.15) is 17.8 Å². The summed E-state index contributed by atoms with van der Waals surface area (Å²) in [5.41, 5.74) is -1.06. The molecule has 2 radical (unpaired) electrons. The smallest absolute Gasteiger partial charge is 0.319 e. The van der Waals surface area contributed by atoms with Crippen molar-refractivity contribution in [3.8, 4) is 0 Å². The summed E-state index contributed by atoms with van der Waals surface area (Å²) < 4.78 is 37.3. The summed E-state index contributed by atoms with van der Waals surface area (Å²) in [7, 11) is 6.48. The number of amides is 2. The zero-order valence-electron chi connectivity index (χ0n) is 11.6. The highest BCUT2D eigenvalue weighted by molar-refractivity contribution is 7.19. The lowest BCUT2D eigenvalue weighted by molar-refractivity contribution is -0.139. The highest BCUT2D eigenvalue weighted by atomic mass is 32.1. The molecule has 1 aromatic heterocycles. The summed E-state index contributed by atoms with van der Waals surface area (Å²) >= 11 is 1.02. The lowest BCUT2D eigenvalue weighted by Gasteiger charge is -2.32. The van der Waals surface area contributed by atoms with Gasteiger partial charge in [-0.15, -0.1) is 16.4 Å². The van der Waals surface area contributed by atoms with Gasteiger partial charge in [0.2, 0.25) is 0 Å². The Hall–Kier alpha value is -1.65. The molecule has 0 aromatic carbocycles. The second kappa shape index (κ2) is 5.86. The summed E-state index contributed by atoms with van der Waals surface area (Å²) in [6.07, 6.45) is -3.09. The van der Waals surface area contributed by atoms with Gasteiger partial charge in [-0.3, -0.25) is 0 Å². The lowest BCUT2D eigenvalue weighted by atomic mass is 10.2. The number of halogens is 3. The third-order valence-electron chi connectivity index (χ3n) is 3.27. The fraction of sp³-hybridized carbons (Fsp3) is 0.636. The van der Waals surface area contributed by atoms with E-state index in [9.17, 15) is 22.8 Å². The third-order valence-corrected chi connectivity index (χ3v) is 4.01. The molecule has 1 saturated carbocycles. The Kier molecular flexibility index (Phi) is 4.45. The van der Waals surface area contributed by atoms with Crippen LogP contribution in [0.3, 0.4) is 0 Å². The van der Waals surface area contributed by atoms with Crippen LogP contribution in [0.4, 0.5) is 18.0 Å². The number of carbonyl (C=O) groups is 2. The predicted octanol–water partition coefficient (Wildman–Crippen LogP) is 0.479. The Morgan fingerprint density at radius 1 is 1.45 bits per heavy atom. The predicted molar refractivity (Wildman–Crippen MR) is 73.0 cm³/mol. The number of rotatable bonds is 5. The molecule has 0 saturated heterocycles. The average molecular weight is 332 g/mol. The fourth-order valence-electron chi connectivity index (χ4n) is 2.00. The van der Waals surface area contributed by atoms with Crippen molar-refractivity contribution in [3.05, 3.63) is 5.01 Å². The van der Waals surface area contributed by atoms with E-state index >= 15 is 0 Å². The van der Waals surface area contributed by atoms with Crippen LogP contribution in [0.15, 0.2) is 0 Å². The topological polar surface area (TPSA) is 66.4 Å². The van der Waals surface area contributed by atoms with E-state index < -0.39 is 24.3 Å². The number of hydrogen-bond acceptors (Lipinski definition) is 5. The normalized spacial score (nSPS) is 16.2. The maximum Gasteiger partial charge on any atom is 0.406 e. The first kappa shape index (κ1) is 16.7. The molecule has 1 fully saturated rings. The van der Waals surface area contributed by atoms with Gasteiger partial charge in [-0.2, -0.15) is 18.3 Å². The van der Waals surface area contributed by atoms with Crippen LogP contribution in [0.25, 0.3) is 0 Å². The van der Waals surface area contributed by atoms with Gasteiger partial charge in [0.1, 0.15) is 23.4 Å². The number of aromatic nitrogens is 2. The van der Waals surface area contributed by atoms with Crippen molar-refractivity contribution in [2.75, 3.05) is 13.6 Å². The molecular weight excluding hydrogens is 320 g/mol. The molecule has 22 heavy (non-hydrogen) atoms. The van der Waals surface area contributed by atoms with E-state index in [1.54, 1.807) is 0 Å². The van der Waals surface area contributed by atoms with Crippen LogP contribution in [-0.2, 0) is 11.3 Å². The molecule has 2 amide bonds. The van der Waals surface area contributed by atoms with Gasteiger partial charge in [-0.1, -0.05) is 0 Å². The maximum atomic E-state index is 12.4. The Morgan fingerprint density at radius 2 is 2.09 bits per heavy atom. The Balaban J connectivity index is 2.17. The molecule has 1 aromatic rings. The molecule has 2 rings (SSSR count). The van der Waals surface area contributed by atoms with E-state index in [4.69, 9.17) is 7.85 Å². The van der Waals surface area contributed by atoms with Gasteiger partial charge < -0.3 is 14.6 Å². The van der Waals surface area contributed by atoms with Crippen molar-refractivity contribution in [3.63, 3.8) is 0 Å². The molecule has 0 unspecified atom stereocenters. The fourth-order valence-corrected chi connectivity index (χ4v) is 2.60. The van der Waals surface area contributed by atoms with Crippen molar-refractivity contribution in [1.82, 2.24) is 20.0 Å². The van der Waals surface area contributed by atoms with Crippen molar-refractivity contribution in [2.45, 2.75) is 31.1 Å². The van der Waals surface area contributed by atoms with Gasteiger partial charge in [-0.05, 0) is 12.8 Å². The van der Waals surface area contributed by atoms with Crippen molar-refractivity contribution >= 4 is 36.4 Å². The van der Waals surface area contributed by atoms with E-state index in [0.717, 1.165) is 23.3 Å². The molecule has 1 heterocycles. The molecule has 118 valence electrons. The number of urea groups is 1. The molecule has 0 aliphatic heterocycles. The first-order valence-corrected chi connectivity index (χ1v) is 7.12. The van der Waals surface area contributed by atoms with Crippen molar-refractivity contribution in [2.24, 2.45) is 0 Å². The molecule has 0 spiro atoms. The lowest BCUT2D eigenvalue weighted by Crippen LogP contribution is -2.50. The summed E-state index contributed by atoms with van der Waals surface area (Å²) in [6, 6.07) is -0.879. The highest BCUT2D eigenvalue weighted by Crippen LogP contribution is 2.41. The summed E-state index contributed by atoms with van der Waals surface area (Å²) in [4.78, 5) is 25.4. The van der Waals surface area contributed by atoms with Crippen LogP contribution in [0.2, 0.25) is 0 Å². The number of aldehydes is 1. The van der Waals surface area contributed by atoms with E-state index in [0.29, 0.717) is 29.0 Å². The third kappa shape index (κ3) is 3.76. The van der Waals surface area contributed by atoms with Crippen LogP contribution < -0.4 is 4.91 Å². The summed E-state index contributed by atoms with van der Waals surface area (Å²) in [5.74, 6) is 0. The molecule has 1 aliphatic carbocycles. The standard InChI is InChI=1S/C11H12BF3N4O2S/c1-18(5-11(13,14)15)9(21)19(10(6-20)2-3-10)4-7-16-17-8(12)22-7/h6H,2-5H2,1H3. The molecular formula is C11H12BF3N4O2S. The molecule has 6 nitrogen and oxygen atoms in total. The molecule has 11 heteroatoms. The van der Waals surface area contributed by atoms with Crippen LogP contribution in [-0.4, -0.2) is 65.5 Å². The SMILES string of the molecule is [B]c1nnc(CN(C(=O)N(C)CC(F)(F)F)C2(C=O)CC2)s1. The molecule has 0 bridgehead atoms. The van der Waals surface area contributed by atoms with E-state index in [1.807, 2.05) is 0 Å². The second-order valence-corrected chi connectivity index (χ2v) is 6.19. The maximum absolute atomic E-state index is 12.4. The Bertz CT molecular complexity index is 576. The van der Waals surface area contributed by atoms with E-state index in [2.05, 4.69) is 10.2 Å². The van der Waals surface area contributed by atoms with Gasteiger partial charge in [0.05, 0.1) is 11.5 Å². The summed E-state index contributed by atoms with van der Waals surface area (Å²) in [6.45, 7) is -1.50. The van der Waals surface area contributed by atoms with E-state index in [1.165, 1.54) is 0 Å². The van der Waals surface area contributed by atoms with Crippen LogP contribution >= 0.6 is 11.3 Å². The monoisotopic (exact) mass is 332 g/mol.